The van der Waals surface area contributed by atoms with E-state index < -0.39 is 11.7 Å². The molecule has 19 heavy (non-hydrogen) atoms. The van der Waals surface area contributed by atoms with Gasteiger partial charge in [0.25, 0.3) is 0 Å². The van der Waals surface area contributed by atoms with Crippen LogP contribution < -0.4 is 5.73 Å². The second-order valence-electron chi connectivity index (χ2n) is 4.13. The molecule has 1 aromatic rings. The van der Waals surface area contributed by atoms with Crippen LogP contribution in [0, 0.1) is 0 Å². The van der Waals surface area contributed by atoms with E-state index in [1.165, 1.54) is 23.9 Å². The third kappa shape index (κ3) is 6.58. The maximum absolute atomic E-state index is 12.5. The fourth-order valence-electron chi connectivity index (χ4n) is 1.49. The summed E-state index contributed by atoms with van der Waals surface area (Å²) in [6.07, 6.45) is -3.29. The highest BCUT2D eigenvalue weighted by molar-refractivity contribution is 8.03. The predicted octanol–water partition coefficient (Wildman–Crippen LogP) is 4.27. The molecule has 0 fully saturated rings. The van der Waals surface area contributed by atoms with Gasteiger partial charge in [-0.3, -0.25) is 0 Å². The summed E-state index contributed by atoms with van der Waals surface area (Å²) < 4.78 is 37.6. The Morgan fingerprint density at radius 3 is 2.63 bits per heavy atom. The summed E-state index contributed by atoms with van der Waals surface area (Å²) in [6, 6.07) is 5.48. The highest BCUT2D eigenvalue weighted by Gasteiger charge is 2.30. The van der Waals surface area contributed by atoms with Crippen molar-refractivity contribution in [2.24, 2.45) is 5.73 Å². The summed E-state index contributed by atoms with van der Waals surface area (Å²) in [5.41, 5.74) is 4.88. The largest absolute Gasteiger partial charge is 0.416 e. The van der Waals surface area contributed by atoms with Crippen molar-refractivity contribution in [1.82, 2.24) is 0 Å². The Morgan fingerprint density at radius 2 is 2.00 bits per heavy atom. The highest BCUT2D eigenvalue weighted by Crippen LogP contribution is 2.32. The topological polar surface area (TPSA) is 26.0 Å². The number of thioether (sulfide) groups is 2. The molecule has 0 aliphatic carbocycles. The van der Waals surface area contributed by atoms with E-state index in [2.05, 4.69) is 6.92 Å². The fraction of sp³-hybridized carbons (Fsp3) is 0.538. The fourth-order valence-corrected chi connectivity index (χ4v) is 3.53. The summed E-state index contributed by atoms with van der Waals surface area (Å²) in [5.74, 6) is 1.73. The van der Waals surface area contributed by atoms with Crippen molar-refractivity contribution in [1.29, 1.82) is 0 Å². The zero-order valence-corrected chi connectivity index (χ0v) is 12.4. The van der Waals surface area contributed by atoms with Crippen molar-refractivity contribution in [3.8, 4) is 0 Å². The van der Waals surface area contributed by atoms with E-state index in [4.69, 9.17) is 5.73 Å². The van der Waals surface area contributed by atoms with Gasteiger partial charge in [-0.1, -0.05) is 13.0 Å². The van der Waals surface area contributed by atoms with Crippen LogP contribution in [0.1, 0.15) is 18.9 Å². The minimum absolute atomic E-state index is 0.507. The molecule has 0 aromatic heterocycles. The Kier molecular flexibility index (Phi) is 7.10. The van der Waals surface area contributed by atoms with E-state index in [-0.39, 0.29) is 0 Å². The average molecular weight is 309 g/mol. The van der Waals surface area contributed by atoms with E-state index in [0.29, 0.717) is 16.7 Å². The van der Waals surface area contributed by atoms with Crippen molar-refractivity contribution in [2.45, 2.75) is 29.7 Å². The second-order valence-corrected chi connectivity index (χ2v) is 6.85. The van der Waals surface area contributed by atoms with Crippen LogP contribution in [0.15, 0.2) is 29.2 Å². The molecule has 0 aliphatic heterocycles. The Labute approximate surface area is 120 Å². The Morgan fingerprint density at radius 1 is 1.26 bits per heavy atom. The minimum Gasteiger partial charge on any atom is -0.330 e. The number of rotatable bonds is 7. The molecule has 0 saturated carbocycles. The van der Waals surface area contributed by atoms with Gasteiger partial charge in [0.15, 0.2) is 0 Å². The minimum atomic E-state index is -4.26. The Balaban J connectivity index is 2.38. The molecule has 2 N–H and O–H groups in total. The molecule has 0 amide bonds. The van der Waals surface area contributed by atoms with Gasteiger partial charge in [0.1, 0.15) is 0 Å². The zero-order chi connectivity index (χ0) is 14.3. The number of benzene rings is 1. The molecule has 0 bridgehead atoms. The smallest absolute Gasteiger partial charge is 0.330 e. The predicted molar refractivity (Wildman–Crippen MR) is 77.8 cm³/mol. The van der Waals surface area contributed by atoms with Gasteiger partial charge in [-0.05, 0) is 31.2 Å². The quantitative estimate of drug-likeness (QED) is 0.602. The Hall–Kier alpha value is -0.330. The molecule has 1 nitrogen and oxygen atoms in total. The first kappa shape index (κ1) is 16.7. The van der Waals surface area contributed by atoms with Crippen LogP contribution >= 0.6 is 23.5 Å². The SMILES string of the molecule is CC(CCN)SCCSc1cccc(C(F)(F)F)c1. The first-order valence-corrected chi connectivity index (χ1v) is 8.08. The van der Waals surface area contributed by atoms with Crippen LogP contribution in [-0.4, -0.2) is 23.3 Å². The number of hydrogen-bond acceptors (Lipinski definition) is 3. The summed E-state index contributed by atoms with van der Waals surface area (Å²) in [7, 11) is 0. The molecule has 1 unspecified atom stereocenters. The maximum atomic E-state index is 12.5. The molecule has 0 radical (unpaired) electrons. The first-order valence-electron chi connectivity index (χ1n) is 6.05. The number of halogens is 3. The maximum Gasteiger partial charge on any atom is 0.416 e. The molecule has 108 valence electrons. The van der Waals surface area contributed by atoms with Gasteiger partial charge in [-0.25, -0.2) is 0 Å². The van der Waals surface area contributed by atoms with Gasteiger partial charge < -0.3 is 5.73 Å². The van der Waals surface area contributed by atoms with Crippen molar-refractivity contribution in [2.75, 3.05) is 18.1 Å². The summed E-state index contributed by atoms with van der Waals surface area (Å²) in [6.45, 7) is 2.79. The van der Waals surface area contributed by atoms with E-state index in [0.717, 1.165) is 24.0 Å². The van der Waals surface area contributed by atoms with E-state index in [1.807, 2.05) is 0 Å². The van der Waals surface area contributed by atoms with Gasteiger partial charge in [0.2, 0.25) is 0 Å². The lowest BCUT2D eigenvalue weighted by molar-refractivity contribution is -0.137. The number of hydrogen-bond donors (Lipinski definition) is 1. The van der Waals surface area contributed by atoms with E-state index in [1.54, 1.807) is 17.8 Å². The highest BCUT2D eigenvalue weighted by atomic mass is 32.2. The van der Waals surface area contributed by atoms with Crippen LogP contribution in [0.25, 0.3) is 0 Å². The zero-order valence-electron chi connectivity index (χ0n) is 10.7. The summed E-state index contributed by atoms with van der Waals surface area (Å²) in [5, 5.41) is 0.507. The molecule has 0 aliphatic rings. The number of alkyl halides is 3. The van der Waals surface area contributed by atoms with Crippen LogP contribution in [-0.2, 0) is 6.18 Å². The molecule has 1 rings (SSSR count). The van der Waals surface area contributed by atoms with E-state index in [9.17, 15) is 13.2 Å². The number of nitrogens with two attached hydrogens (primary N) is 1. The van der Waals surface area contributed by atoms with Gasteiger partial charge >= 0.3 is 6.18 Å². The van der Waals surface area contributed by atoms with Crippen LogP contribution in [0.2, 0.25) is 0 Å². The van der Waals surface area contributed by atoms with Crippen LogP contribution in [0.5, 0.6) is 0 Å². The molecular formula is C13H18F3NS2. The van der Waals surface area contributed by atoms with Gasteiger partial charge in [0, 0.05) is 21.7 Å². The van der Waals surface area contributed by atoms with Gasteiger partial charge in [-0.2, -0.15) is 24.9 Å². The average Bonchev–Trinajstić information content (AvgIpc) is 2.34. The molecule has 0 spiro atoms. The molecule has 1 atom stereocenters. The molecule has 0 heterocycles. The second kappa shape index (κ2) is 8.07. The van der Waals surface area contributed by atoms with Crippen molar-refractivity contribution < 1.29 is 13.2 Å². The standard InChI is InChI=1S/C13H18F3NS2/c1-10(5-6-17)18-7-8-19-12-4-2-3-11(9-12)13(14,15)16/h2-4,9-10H,5-8,17H2,1H3. The third-order valence-electron chi connectivity index (χ3n) is 2.49. The molecule has 1 aromatic carbocycles. The molecule has 0 saturated heterocycles. The van der Waals surface area contributed by atoms with E-state index >= 15 is 0 Å². The molecular weight excluding hydrogens is 291 g/mol. The molecule has 6 heteroatoms. The first-order chi connectivity index (χ1) is 8.93. The lowest BCUT2D eigenvalue weighted by atomic mass is 10.2. The van der Waals surface area contributed by atoms with Crippen molar-refractivity contribution in [3.05, 3.63) is 29.8 Å². The lowest BCUT2D eigenvalue weighted by Gasteiger charge is -2.10. The van der Waals surface area contributed by atoms with Crippen molar-refractivity contribution >= 4 is 23.5 Å². The van der Waals surface area contributed by atoms with Crippen LogP contribution in [0.3, 0.4) is 0 Å². The summed E-state index contributed by atoms with van der Waals surface area (Å²) >= 11 is 3.27. The lowest BCUT2D eigenvalue weighted by Crippen LogP contribution is -2.08. The third-order valence-corrected chi connectivity index (χ3v) is 4.99. The van der Waals surface area contributed by atoms with Gasteiger partial charge in [-0.15, -0.1) is 11.8 Å². The van der Waals surface area contributed by atoms with Crippen molar-refractivity contribution in [3.63, 3.8) is 0 Å². The van der Waals surface area contributed by atoms with Crippen LogP contribution in [0.4, 0.5) is 13.2 Å². The summed E-state index contributed by atoms with van der Waals surface area (Å²) in [4.78, 5) is 0.668. The van der Waals surface area contributed by atoms with Gasteiger partial charge in [0.05, 0.1) is 5.56 Å². The Bertz CT molecular complexity index is 382. The monoisotopic (exact) mass is 309 g/mol. The normalized spacial score (nSPS) is 13.5.